The van der Waals surface area contributed by atoms with Crippen LogP contribution in [0.4, 0.5) is 5.69 Å². The van der Waals surface area contributed by atoms with E-state index in [2.05, 4.69) is 71.3 Å². The maximum Gasteiger partial charge on any atom is 0.0367 e. The monoisotopic (exact) mass is 280 g/mol. The molecule has 2 heteroatoms. The molecule has 0 N–H and O–H groups in total. The second kappa shape index (κ2) is 6.77. The fraction of sp³-hybridized carbons (Fsp3) is 0.368. The molecule has 0 saturated carbocycles. The van der Waals surface area contributed by atoms with Crippen LogP contribution in [-0.4, -0.2) is 37.6 Å². The van der Waals surface area contributed by atoms with Gasteiger partial charge in [0, 0.05) is 38.4 Å². The Labute approximate surface area is 128 Å². The fourth-order valence-electron chi connectivity index (χ4n) is 2.91. The molecule has 110 valence electrons. The van der Waals surface area contributed by atoms with Crippen molar-refractivity contribution in [3.05, 3.63) is 65.7 Å². The van der Waals surface area contributed by atoms with Gasteiger partial charge in [-0.15, -0.1) is 0 Å². The van der Waals surface area contributed by atoms with E-state index in [1.807, 2.05) is 0 Å². The van der Waals surface area contributed by atoms with Crippen molar-refractivity contribution in [3.63, 3.8) is 0 Å². The van der Waals surface area contributed by atoms with Gasteiger partial charge in [-0.2, -0.15) is 0 Å². The molecule has 0 radical (unpaired) electrons. The van der Waals surface area contributed by atoms with Crippen molar-refractivity contribution in [2.45, 2.75) is 13.3 Å². The Morgan fingerprint density at radius 2 is 1.48 bits per heavy atom. The Morgan fingerprint density at radius 3 is 2.14 bits per heavy atom. The molecular formula is C19H24N2. The number of piperazine rings is 1. The summed E-state index contributed by atoms with van der Waals surface area (Å²) in [6.07, 6.45) is 1.16. The van der Waals surface area contributed by atoms with Crippen molar-refractivity contribution in [1.29, 1.82) is 0 Å². The maximum atomic E-state index is 2.58. The smallest absolute Gasteiger partial charge is 0.0367 e. The van der Waals surface area contributed by atoms with Crippen LogP contribution in [0.3, 0.4) is 0 Å². The first-order valence-electron chi connectivity index (χ1n) is 7.89. The van der Waals surface area contributed by atoms with Gasteiger partial charge < -0.3 is 4.90 Å². The molecule has 0 atom stereocenters. The van der Waals surface area contributed by atoms with Gasteiger partial charge in [-0.25, -0.2) is 0 Å². The molecule has 0 unspecified atom stereocenters. The molecule has 0 bridgehead atoms. The van der Waals surface area contributed by atoms with Gasteiger partial charge in [0.05, 0.1) is 0 Å². The van der Waals surface area contributed by atoms with Gasteiger partial charge in [0.1, 0.15) is 0 Å². The van der Waals surface area contributed by atoms with E-state index < -0.39 is 0 Å². The van der Waals surface area contributed by atoms with E-state index >= 15 is 0 Å². The molecule has 1 fully saturated rings. The summed E-state index contributed by atoms with van der Waals surface area (Å²) in [6.45, 7) is 7.93. The van der Waals surface area contributed by atoms with Crippen molar-refractivity contribution in [3.8, 4) is 0 Å². The van der Waals surface area contributed by atoms with Crippen LogP contribution < -0.4 is 4.90 Å². The van der Waals surface area contributed by atoms with Gasteiger partial charge in [0.2, 0.25) is 0 Å². The minimum Gasteiger partial charge on any atom is -0.369 e. The Morgan fingerprint density at radius 1 is 0.810 bits per heavy atom. The standard InChI is InChI=1S/C19H24N2/c1-17-7-9-18(10-8-17)11-12-20-13-15-21(16-14-20)19-5-3-2-4-6-19/h2-10H,11-16H2,1H3. The highest BCUT2D eigenvalue weighted by Gasteiger charge is 2.16. The predicted octanol–water partition coefficient (Wildman–Crippen LogP) is 3.36. The van der Waals surface area contributed by atoms with Crippen LogP contribution in [0.5, 0.6) is 0 Å². The van der Waals surface area contributed by atoms with E-state index in [1.54, 1.807) is 0 Å². The quantitative estimate of drug-likeness (QED) is 0.847. The van der Waals surface area contributed by atoms with Crippen molar-refractivity contribution >= 4 is 5.69 Å². The number of hydrogen-bond donors (Lipinski definition) is 0. The summed E-state index contributed by atoms with van der Waals surface area (Å²) in [6, 6.07) is 19.7. The van der Waals surface area contributed by atoms with Gasteiger partial charge in [-0.3, -0.25) is 4.90 Å². The molecule has 1 aliphatic rings. The minimum atomic E-state index is 1.14. The molecule has 0 aliphatic carbocycles. The van der Waals surface area contributed by atoms with Gasteiger partial charge >= 0.3 is 0 Å². The third-order valence-corrected chi connectivity index (χ3v) is 4.33. The molecule has 3 rings (SSSR count). The van der Waals surface area contributed by atoms with Gasteiger partial charge in [-0.1, -0.05) is 48.0 Å². The molecular weight excluding hydrogens is 256 g/mol. The van der Waals surface area contributed by atoms with E-state index in [4.69, 9.17) is 0 Å². The third-order valence-electron chi connectivity index (χ3n) is 4.33. The normalized spacial score (nSPS) is 16.1. The zero-order chi connectivity index (χ0) is 14.5. The SMILES string of the molecule is Cc1ccc(CCN2CCN(c3ccccc3)CC2)cc1. The lowest BCUT2D eigenvalue weighted by atomic mass is 10.1. The number of para-hydroxylation sites is 1. The molecule has 0 amide bonds. The first kappa shape index (κ1) is 14.2. The number of benzene rings is 2. The molecule has 0 spiro atoms. The van der Waals surface area contributed by atoms with E-state index in [0.717, 1.165) is 19.5 Å². The summed E-state index contributed by atoms with van der Waals surface area (Å²) in [5, 5.41) is 0. The van der Waals surface area contributed by atoms with E-state index in [-0.39, 0.29) is 0 Å². The Kier molecular flexibility index (Phi) is 4.56. The van der Waals surface area contributed by atoms with E-state index in [1.165, 1.54) is 36.4 Å². The van der Waals surface area contributed by atoms with Crippen LogP contribution in [-0.2, 0) is 6.42 Å². The predicted molar refractivity (Wildman–Crippen MR) is 90.0 cm³/mol. The highest BCUT2D eigenvalue weighted by atomic mass is 15.3. The summed E-state index contributed by atoms with van der Waals surface area (Å²) < 4.78 is 0. The Bertz CT molecular complexity index is 540. The van der Waals surface area contributed by atoms with Crippen LogP contribution in [0.25, 0.3) is 0 Å². The van der Waals surface area contributed by atoms with Crippen LogP contribution in [0.2, 0.25) is 0 Å². The second-order valence-corrected chi connectivity index (χ2v) is 5.90. The molecule has 0 aromatic heterocycles. The Balaban J connectivity index is 1.47. The number of nitrogens with zero attached hydrogens (tertiary/aromatic N) is 2. The van der Waals surface area contributed by atoms with Crippen LogP contribution in [0, 0.1) is 6.92 Å². The minimum absolute atomic E-state index is 1.14. The van der Waals surface area contributed by atoms with Crippen LogP contribution in [0.1, 0.15) is 11.1 Å². The molecule has 2 nitrogen and oxygen atoms in total. The summed E-state index contributed by atoms with van der Waals surface area (Å²) in [4.78, 5) is 5.07. The van der Waals surface area contributed by atoms with Crippen molar-refractivity contribution in [1.82, 2.24) is 4.90 Å². The topological polar surface area (TPSA) is 6.48 Å². The number of hydrogen-bond acceptors (Lipinski definition) is 2. The van der Waals surface area contributed by atoms with Gasteiger partial charge in [-0.05, 0) is 31.0 Å². The van der Waals surface area contributed by atoms with Crippen LogP contribution >= 0.6 is 0 Å². The maximum absolute atomic E-state index is 2.58. The van der Waals surface area contributed by atoms with Gasteiger partial charge in [0.25, 0.3) is 0 Å². The van der Waals surface area contributed by atoms with E-state index in [0.29, 0.717) is 0 Å². The van der Waals surface area contributed by atoms with Gasteiger partial charge in [0.15, 0.2) is 0 Å². The van der Waals surface area contributed by atoms with Crippen LogP contribution in [0.15, 0.2) is 54.6 Å². The highest BCUT2D eigenvalue weighted by molar-refractivity contribution is 5.46. The molecule has 2 aromatic rings. The number of rotatable bonds is 4. The number of aryl methyl sites for hydroxylation is 1. The van der Waals surface area contributed by atoms with Crippen molar-refractivity contribution in [2.24, 2.45) is 0 Å². The fourth-order valence-corrected chi connectivity index (χ4v) is 2.91. The largest absolute Gasteiger partial charge is 0.369 e. The lowest BCUT2D eigenvalue weighted by Crippen LogP contribution is -2.46. The first-order valence-corrected chi connectivity index (χ1v) is 7.89. The average molecular weight is 280 g/mol. The summed E-state index contributed by atoms with van der Waals surface area (Å²) >= 11 is 0. The second-order valence-electron chi connectivity index (χ2n) is 5.90. The molecule has 1 heterocycles. The Hall–Kier alpha value is -1.80. The first-order chi connectivity index (χ1) is 10.3. The molecule has 1 saturated heterocycles. The molecule has 21 heavy (non-hydrogen) atoms. The lowest BCUT2D eigenvalue weighted by Gasteiger charge is -2.36. The zero-order valence-electron chi connectivity index (χ0n) is 12.8. The summed E-state index contributed by atoms with van der Waals surface area (Å²) in [7, 11) is 0. The van der Waals surface area contributed by atoms with Crippen molar-refractivity contribution in [2.75, 3.05) is 37.6 Å². The molecule has 1 aliphatic heterocycles. The molecule has 2 aromatic carbocycles. The summed E-state index contributed by atoms with van der Waals surface area (Å²) in [5.74, 6) is 0. The van der Waals surface area contributed by atoms with E-state index in [9.17, 15) is 0 Å². The highest BCUT2D eigenvalue weighted by Crippen LogP contribution is 2.15. The third kappa shape index (κ3) is 3.85. The average Bonchev–Trinajstić information content (AvgIpc) is 2.56. The number of anilines is 1. The van der Waals surface area contributed by atoms with Crippen molar-refractivity contribution < 1.29 is 0 Å². The zero-order valence-corrected chi connectivity index (χ0v) is 12.8. The summed E-state index contributed by atoms with van der Waals surface area (Å²) in [5.41, 5.74) is 4.15. The lowest BCUT2D eigenvalue weighted by molar-refractivity contribution is 0.261.